The normalized spacial score (nSPS) is 13.4. The van der Waals surface area contributed by atoms with Gasteiger partial charge in [0.05, 0.1) is 13.2 Å². The Kier molecular flexibility index (Phi) is 5.43. The second-order valence-corrected chi connectivity index (χ2v) is 3.97. The van der Waals surface area contributed by atoms with Gasteiger partial charge in [0, 0.05) is 6.04 Å². The van der Waals surface area contributed by atoms with Gasteiger partial charge in [-0.3, -0.25) is 0 Å². The average Bonchev–Trinajstić information content (AvgIpc) is 2.02. The third-order valence-electron chi connectivity index (χ3n) is 1.12. The Balaban J connectivity index is 4.14. The highest BCUT2D eigenvalue weighted by molar-refractivity contribution is 7.88. The standard InChI is InChI=1S/C6H14N2O5S/c1-3-13-6(10)8-14(11,12)7-5(2)4-9/h5,7,9H,3-4H2,1-2H3,(H,8,10)/t5-/m1/s1. The molecule has 0 aliphatic heterocycles. The van der Waals surface area contributed by atoms with E-state index in [9.17, 15) is 13.2 Å². The van der Waals surface area contributed by atoms with Crippen molar-refractivity contribution in [2.45, 2.75) is 19.9 Å². The zero-order valence-electron chi connectivity index (χ0n) is 7.98. The van der Waals surface area contributed by atoms with E-state index in [1.807, 2.05) is 4.72 Å². The molecule has 0 spiro atoms. The summed E-state index contributed by atoms with van der Waals surface area (Å²) in [5.74, 6) is 0. The van der Waals surface area contributed by atoms with Crippen LogP contribution in [0.2, 0.25) is 0 Å². The summed E-state index contributed by atoms with van der Waals surface area (Å²) in [6.45, 7) is 2.72. The van der Waals surface area contributed by atoms with Crippen molar-refractivity contribution in [3.63, 3.8) is 0 Å². The van der Waals surface area contributed by atoms with Crippen molar-refractivity contribution in [3.8, 4) is 0 Å². The molecule has 7 nitrogen and oxygen atoms in total. The number of aliphatic hydroxyl groups excluding tert-OH is 1. The molecule has 1 atom stereocenters. The Labute approximate surface area is 82.6 Å². The minimum atomic E-state index is -3.95. The van der Waals surface area contributed by atoms with Gasteiger partial charge in [0.25, 0.3) is 0 Å². The molecule has 0 saturated carbocycles. The Bertz CT molecular complexity index is 276. The summed E-state index contributed by atoms with van der Waals surface area (Å²) in [6, 6.07) is -0.665. The summed E-state index contributed by atoms with van der Waals surface area (Å²) in [6.07, 6.45) is -1.05. The van der Waals surface area contributed by atoms with Gasteiger partial charge in [-0.25, -0.2) is 9.52 Å². The Morgan fingerprint density at radius 1 is 1.57 bits per heavy atom. The largest absolute Gasteiger partial charge is 0.449 e. The van der Waals surface area contributed by atoms with Gasteiger partial charge >= 0.3 is 16.3 Å². The molecule has 0 aliphatic carbocycles. The average molecular weight is 226 g/mol. The molecule has 0 aliphatic rings. The molecule has 3 N–H and O–H groups in total. The number of carbonyl (C=O) groups is 1. The lowest BCUT2D eigenvalue weighted by Gasteiger charge is -2.11. The summed E-state index contributed by atoms with van der Waals surface area (Å²) >= 11 is 0. The maximum absolute atomic E-state index is 11.1. The molecule has 0 heterocycles. The smallest absolute Gasteiger partial charge is 0.421 e. The van der Waals surface area contributed by atoms with E-state index >= 15 is 0 Å². The van der Waals surface area contributed by atoms with E-state index in [0.29, 0.717) is 0 Å². The van der Waals surface area contributed by atoms with Crippen LogP contribution in [0.1, 0.15) is 13.8 Å². The van der Waals surface area contributed by atoms with E-state index in [0.717, 1.165) is 0 Å². The molecule has 0 aromatic carbocycles. The maximum Gasteiger partial charge on any atom is 0.421 e. The molecular formula is C6H14N2O5S. The maximum atomic E-state index is 11.1. The Hall–Kier alpha value is -0.860. The lowest BCUT2D eigenvalue weighted by Crippen LogP contribution is -2.45. The summed E-state index contributed by atoms with van der Waals surface area (Å²) in [4.78, 5) is 10.7. The topological polar surface area (TPSA) is 105 Å². The Morgan fingerprint density at radius 3 is 2.57 bits per heavy atom. The zero-order valence-corrected chi connectivity index (χ0v) is 8.80. The van der Waals surface area contributed by atoms with Crippen LogP contribution in [0, 0.1) is 0 Å². The molecular weight excluding hydrogens is 212 g/mol. The van der Waals surface area contributed by atoms with Crippen molar-refractivity contribution in [3.05, 3.63) is 0 Å². The van der Waals surface area contributed by atoms with Crippen molar-refractivity contribution in [2.75, 3.05) is 13.2 Å². The van der Waals surface area contributed by atoms with Gasteiger partial charge < -0.3 is 9.84 Å². The molecule has 14 heavy (non-hydrogen) atoms. The van der Waals surface area contributed by atoms with Gasteiger partial charge in [-0.05, 0) is 13.8 Å². The van der Waals surface area contributed by atoms with Gasteiger partial charge in [-0.1, -0.05) is 0 Å². The SMILES string of the molecule is CCOC(=O)NS(=O)(=O)N[C@H](C)CO. The van der Waals surface area contributed by atoms with Crippen LogP contribution in [-0.2, 0) is 14.9 Å². The number of rotatable bonds is 5. The second kappa shape index (κ2) is 5.78. The van der Waals surface area contributed by atoms with E-state index in [2.05, 4.69) is 4.74 Å². The number of hydrogen-bond acceptors (Lipinski definition) is 5. The fraction of sp³-hybridized carbons (Fsp3) is 0.833. The van der Waals surface area contributed by atoms with Crippen LogP contribution in [0.5, 0.6) is 0 Å². The van der Waals surface area contributed by atoms with Crippen LogP contribution in [-0.4, -0.2) is 38.9 Å². The van der Waals surface area contributed by atoms with Gasteiger partial charge in [-0.2, -0.15) is 13.1 Å². The molecule has 0 saturated heterocycles. The van der Waals surface area contributed by atoms with E-state index in [1.54, 1.807) is 11.6 Å². The Morgan fingerprint density at radius 2 is 2.14 bits per heavy atom. The molecule has 8 heteroatoms. The van der Waals surface area contributed by atoms with E-state index in [4.69, 9.17) is 5.11 Å². The van der Waals surface area contributed by atoms with Gasteiger partial charge in [0.2, 0.25) is 0 Å². The van der Waals surface area contributed by atoms with Crippen molar-refractivity contribution < 1.29 is 23.1 Å². The highest BCUT2D eigenvalue weighted by Crippen LogP contribution is 1.86. The minimum Gasteiger partial charge on any atom is -0.449 e. The van der Waals surface area contributed by atoms with Gasteiger partial charge in [0.1, 0.15) is 0 Å². The summed E-state index contributed by atoms with van der Waals surface area (Å²) in [5.41, 5.74) is 0. The third kappa shape index (κ3) is 5.73. The molecule has 1 amide bonds. The fourth-order valence-electron chi connectivity index (χ4n) is 0.602. The van der Waals surface area contributed by atoms with Crippen molar-refractivity contribution >= 4 is 16.3 Å². The van der Waals surface area contributed by atoms with Crippen LogP contribution in [0.3, 0.4) is 0 Å². The molecule has 0 rings (SSSR count). The highest BCUT2D eigenvalue weighted by atomic mass is 32.2. The quantitative estimate of drug-likeness (QED) is 0.554. The first-order valence-electron chi connectivity index (χ1n) is 3.99. The predicted molar refractivity (Wildman–Crippen MR) is 48.8 cm³/mol. The van der Waals surface area contributed by atoms with E-state index in [-0.39, 0.29) is 13.2 Å². The van der Waals surface area contributed by atoms with E-state index < -0.39 is 22.3 Å². The second-order valence-electron chi connectivity index (χ2n) is 2.53. The number of aliphatic hydroxyl groups is 1. The molecule has 0 unspecified atom stereocenters. The summed E-state index contributed by atoms with van der Waals surface area (Å²) in [7, 11) is -3.95. The van der Waals surface area contributed by atoms with Crippen LogP contribution < -0.4 is 9.44 Å². The van der Waals surface area contributed by atoms with Crippen LogP contribution in [0.4, 0.5) is 4.79 Å². The first-order valence-corrected chi connectivity index (χ1v) is 5.47. The summed E-state index contributed by atoms with van der Waals surface area (Å²) in [5, 5.41) is 8.56. The molecule has 0 bridgehead atoms. The van der Waals surface area contributed by atoms with Gasteiger partial charge in [-0.15, -0.1) is 0 Å². The zero-order chi connectivity index (χ0) is 11.2. The van der Waals surface area contributed by atoms with Crippen molar-refractivity contribution in [1.29, 1.82) is 0 Å². The van der Waals surface area contributed by atoms with Crippen LogP contribution in [0.15, 0.2) is 0 Å². The molecule has 84 valence electrons. The lowest BCUT2D eigenvalue weighted by atomic mass is 10.4. The summed E-state index contributed by atoms with van der Waals surface area (Å²) < 4.78 is 30.1. The van der Waals surface area contributed by atoms with Crippen molar-refractivity contribution in [1.82, 2.24) is 9.44 Å². The van der Waals surface area contributed by atoms with E-state index in [1.165, 1.54) is 6.92 Å². The fourth-order valence-corrected chi connectivity index (χ4v) is 1.54. The van der Waals surface area contributed by atoms with Crippen molar-refractivity contribution in [2.24, 2.45) is 0 Å². The molecule has 0 aromatic rings. The minimum absolute atomic E-state index is 0.0803. The molecule has 0 fully saturated rings. The monoisotopic (exact) mass is 226 g/mol. The number of carbonyl (C=O) groups excluding carboxylic acids is 1. The highest BCUT2D eigenvalue weighted by Gasteiger charge is 2.16. The molecule has 0 aromatic heterocycles. The number of ether oxygens (including phenoxy) is 1. The first kappa shape index (κ1) is 13.1. The van der Waals surface area contributed by atoms with Crippen LogP contribution in [0.25, 0.3) is 0 Å². The lowest BCUT2D eigenvalue weighted by molar-refractivity contribution is 0.158. The van der Waals surface area contributed by atoms with Crippen LogP contribution >= 0.6 is 0 Å². The molecule has 0 radical (unpaired) electrons. The van der Waals surface area contributed by atoms with Gasteiger partial charge in [0.15, 0.2) is 0 Å². The number of hydrogen-bond donors (Lipinski definition) is 3. The number of amides is 1. The predicted octanol–water partition coefficient (Wildman–Crippen LogP) is -1.05. The third-order valence-corrected chi connectivity index (χ3v) is 2.27. The first-order chi connectivity index (χ1) is 6.41. The number of nitrogens with one attached hydrogen (secondary N) is 2.